The van der Waals surface area contributed by atoms with Crippen molar-refractivity contribution >= 4 is 29.3 Å². The predicted molar refractivity (Wildman–Crippen MR) is 73.8 cm³/mol. The van der Waals surface area contributed by atoms with E-state index in [1.165, 1.54) is 11.8 Å². The number of aromatic nitrogens is 1. The van der Waals surface area contributed by atoms with E-state index in [4.69, 9.17) is 17.3 Å². The maximum Gasteiger partial charge on any atom is 0.251 e. The summed E-state index contributed by atoms with van der Waals surface area (Å²) >= 11 is 7.38. The summed E-state index contributed by atoms with van der Waals surface area (Å²) in [6, 6.07) is 11.0. The second-order valence-corrected chi connectivity index (χ2v) is 5.04. The van der Waals surface area contributed by atoms with Gasteiger partial charge in [0.2, 0.25) is 0 Å². The van der Waals surface area contributed by atoms with Gasteiger partial charge < -0.3 is 5.73 Å². The van der Waals surface area contributed by atoms with E-state index >= 15 is 0 Å². The Balaban J connectivity index is 2.13. The zero-order chi connectivity index (χ0) is 13.0. The van der Waals surface area contributed by atoms with Gasteiger partial charge in [-0.25, -0.2) is 4.98 Å². The molecule has 3 nitrogen and oxygen atoms in total. The molecule has 1 heterocycles. The van der Waals surface area contributed by atoms with Gasteiger partial charge >= 0.3 is 0 Å². The molecule has 0 aliphatic carbocycles. The fraction of sp³-hybridized carbons (Fsp3) is 0.0769. The Morgan fingerprint density at radius 3 is 2.89 bits per heavy atom. The van der Waals surface area contributed by atoms with Crippen LogP contribution in [-0.4, -0.2) is 10.9 Å². The molecule has 5 heteroatoms. The Morgan fingerprint density at radius 2 is 2.17 bits per heavy atom. The maximum atomic E-state index is 11.2. The van der Waals surface area contributed by atoms with Crippen LogP contribution in [0.25, 0.3) is 0 Å². The summed E-state index contributed by atoms with van der Waals surface area (Å²) in [6.45, 7) is 0. The van der Waals surface area contributed by atoms with E-state index in [2.05, 4.69) is 4.98 Å². The van der Waals surface area contributed by atoms with Gasteiger partial charge in [-0.3, -0.25) is 4.79 Å². The van der Waals surface area contributed by atoms with Gasteiger partial charge in [0.25, 0.3) is 5.91 Å². The number of hydrogen-bond acceptors (Lipinski definition) is 3. The van der Waals surface area contributed by atoms with Crippen LogP contribution in [0.5, 0.6) is 0 Å². The first-order valence-electron chi connectivity index (χ1n) is 5.29. The first-order chi connectivity index (χ1) is 8.66. The maximum absolute atomic E-state index is 11.2. The van der Waals surface area contributed by atoms with E-state index in [0.717, 1.165) is 5.56 Å². The lowest BCUT2D eigenvalue weighted by atomic mass is 10.2. The highest BCUT2D eigenvalue weighted by Gasteiger charge is 2.09. The third-order valence-corrected chi connectivity index (χ3v) is 3.61. The average Bonchev–Trinajstić information content (AvgIpc) is 2.37. The van der Waals surface area contributed by atoms with E-state index in [1.807, 2.05) is 24.3 Å². The standard InChI is InChI=1S/C13H11ClN2OS/c14-10-4-1-3-9(7-10)8-18-13-11(12(15)17)5-2-6-16-13/h1-7H,8H2,(H2,15,17). The molecule has 0 aliphatic rings. The lowest BCUT2D eigenvalue weighted by Crippen LogP contribution is -2.12. The molecule has 1 amide bonds. The molecule has 0 saturated heterocycles. The zero-order valence-corrected chi connectivity index (χ0v) is 11.0. The van der Waals surface area contributed by atoms with Crippen molar-refractivity contribution in [3.63, 3.8) is 0 Å². The molecule has 2 aromatic rings. The Hall–Kier alpha value is -1.52. The van der Waals surface area contributed by atoms with Crippen LogP contribution in [0.3, 0.4) is 0 Å². The van der Waals surface area contributed by atoms with Crippen LogP contribution in [0.15, 0.2) is 47.6 Å². The summed E-state index contributed by atoms with van der Waals surface area (Å²) in [5.74, 6) is 0.231. The van der Waals surface area contributed by atoms with E-state index < -0.39 is 5.91 Å². The highest BCUT2D eigenvalue weighted by atomic mass is 35.5. The summed E-state index contributed by atoms with van der Waals surface area (Å²) in [5.41, 5.74) is 6.82. The fourth-order valence-electron chi connectivity index (χ4n) is 1.47. The number of halogens is 1. The van der Waals surface area contributed by atoms with E-state index in [9.17, 15) is 4.79 Å². The normalized spacial score (nSPS) is 10.3. The van der Waals surface area contributed by atoms with Crippen molar-refractivity contribution in [2.24, 2.45) is 5.73 Å². The van der Waals surface area contributed by atoms with Gasteiger partial charge in [0.05, 0.1) is 5.56 Å². The molecule has 1 aromatic heterocycles. The molecule has 0 bridgehead atoms. The van der Waals surface area contributed by atoms with Crippen molar-refractivity contribution in [3.05, 3.63) is 58.7 Å². The Bertz CT molecular complexity index is 574. The van der Waals surface area contributed by atoms with E-state index in [1.54, 1.807) is 18.3 Å². The highest BCUT2D eigenvalue weighted by Crippen LogP contribution is 2.24. The summed E-state index contributed by atoms with van der Waals surface area (Å²) < 4.78 is 0. The molecule has 92 valence electrons. The Labute approximate surface area is 114 Å². The van der Waals surface area contributed by atoms with Gasteiger partial charge in [-0.1, -0.05) is 23.7 Å². The van der Waals surface area contributed by atoms with Crippen LogP contribution in [0, 0.1) is 0 Å². The number of benzene rings is 1. The van der Waals surface area contributed by atoms with Crippen LogP contribution in [-0.2, 0) is 5.75 Å². The summed E-state index contributed by atoms with van der Waals surface area (Å²) in [7, 11) is 0. The number of hydrogen-bond donors (Lipinski definition) is 1. The summed E-state index contributed by atoms with van der Waals surface area (Å²) in [4.78, 5) is 15.4. The molecule has 1 aromatic carbocycles. The monoisotopic (exact) mass is 278 g/mol. The molecule has 0 unspecified atom stereocenters. The van der Waals surface area contributed by atoms with Crippen molar-refractivity contribution in [2.75, 3.05) is 0 Å². The Kier molecular flexibility index (Phi) is 4.23. The molecule has 0 radical (unpaired) electrons. The lowest BCUT2D eigenvalue weighted by molar-refractivity contribution is 0.0997. The van der Waals surface area contributed by atoms with Crippen molar-refractivity contribution in [1.29, 1.82) is 0 Å². The fourth-order valence-corrected chi connectivity index (χ4v) is 2.63. The molecular weight excluding hydrogens is 268 g/mol. The van der Waals surface area contributed by atoms with Crippen molar-refractivity contribution < 1.29 is 4.79 Å². The number of thioether (sulfide) groups is 1. The minimum atomic E-state index is -0.461. The SMILES string of the molecule is NC(=O)c1cccnc1SCc1cccc(Cl)c1. The lowest BCUT2D eigenvalue weighted by Gasteiger charge is -2.05. The summed E-state index contributed by atoms with van der Waals surface area (Å²) in [5, 5.41) is 1.34. The number of pyridine rings is 1. The van der Waals surface area contributed by atoms with E-state index in [0.29, 0.717) is 21.4 Å². The molecule has 2 rings (SSSR count). The third-order valence-electron chi connectivity index (χ3n) is 2.30. The van der Waals surface area contributed by atoms with Gasteiger partial charge in [0.1, 0.15) is 5.03 Å². The first-order valence-corrected chi connectivity index (χ1v) is 6.65. The van der Waals surface area contributed by atoms with Crippen molar-refractivity contribution in [2.45, 2.75) is 10.8 Å². The molecule has 0 aliphatic heterocycles. The molecule has 0 saturated carbocycles. The van der Waals surface area contributed by atoms with Crippen LogP contribution in [0.4, 0.5) is 0 Å². The van der Waals surface area contributed by atoms with Gasteiger partial charge in [-0.2, -0.15) is 0 Å². The average molecular weight is 279 g/mol. The number of nitrogens with zero attached hydrogens (tertiary/aromatic N) is 1. The van der Waals surface area contributed by atoms with Crippen LogP contribution in [0.2, 0.25) is 5.02 Å². The van der Waals surface area contributed by atoms with Crippen molar-refractivity contribution in [3.8, 4) is 0 Å². The number of carbonyl (C=O) groups excluding carboxylic acids is 1. The van der Waals surface area contributed by atoms with Crippen molar-refractivity contribution in [1.82, 2.24) is 4.98 Å². The van der Waals surface area contributed by atoms with Crippen LogP contribution >= 0.6 is 23.4 Å². The van der Waals surface area contributed by atoms with Gasteiger partial charge in [-0.15, -0.1) is 11.8 Å². The highest BCUT2D eigenvalue weighted by molar-refractivity contribution is 7.98. The molecule has 18 heavy (non-hydrogen) atoms. The molecule has 0 spiro atoms. The number of primary amides is 1. The minimum absolute atomic E-state index is 0.449. The molecular formula is C13H11ClN2OS. The second kappa shape index (κ2) is 5.89. The van der Waals surface area contributed by atoms with E-state index in [-0.39, 0.29) is 0 Å². The zero-order valence-electron chi connectivity index (χ0n) is 9.47. The largest absolute Gasteiger partial charge is 0.366 e. The number of nitrogens with two attached hydrogens (primary N) is 1. The first kappa shape index (κ1) is 12.9. The molecule has 0 atom stereocenters. The van der Waals surface area contributed by atoms with Gasteiger partial charge in [-0.05, 0) is 29.8 Å². The van der Waals surface area contributed by atoms with Crippen LogP contribution in [0.1, 0.15) is 15.9 Å². The topological polar surface area (TPSA) is 56.0 Å². The Morgan fingerprint density at radius 1 is 1.33 bits per heavy atom. The quantitative estimate of drug-likeness (QED) is 0.874. The smallest absolute Gasteiger partial charge is 0.251 e. The summed E-state index contributed by atoms with van der Waals surface area (Å²) in [6.07, 6.45) is 1.65. The molecule has 0 fully saturated rings. The number of carbonyl (C=O) groups is 1. The number of amides is 1. The second-order valence-electron chi connectivity index (χ2n) is 3.64. The van der Waals surface area contributed by atoms with Gasteiger partial charge in [0.15, 0.2) is 0 Å². The predicted octanol–water partition coefficient (Wildman–Crippen LogP) is 3.13. The number of rotatable bonds is 4. The molecule has 2 N–H and O–H groups in total. The van der Waals surface area contributed by atoms with Crippen LogP contribution < -0.4 is 5.73 Å². The third kappa shape index (κ3) is 3.24. The van der Waals surface area contributed by atoms with Gasteiger partial charge in [0, 0.05) is 17.0 Å². The minimum Gasteiger partial charge on any atom is -0.366 e.